The molecule has 0 atom stereocenters. The maximum Gasteiger partial charge on any atom is 0.161 e. The summed E-state index contributed by atoms with van der Waals surface area (Å²) in [6.45, 7) is 3.78. The maximum atomic E-state index is 5.65. The molecule has 2 aliphatic heterocycles. The summed E-state index contributed by atoms with van der Waals surface area (Å²) >= 11 is 0. The molecule has 0 radical (unpaired) electrons. The fourth-order valence-electron chi connectivity index (χ4n) is 4.79. The van der Waals surface area contributed by atoms with E-state index in [2.05, 4.69) is 82.6 Å². The lowest BCUT2D eigenvalue weighted by atomic mass is 9.89. The Bertz CT molecular complexity index is 1090. The average Bonchev–Trinajstić information content (AvgIpc) is 2.83. The van der Waals surface area contributed by atoms with Gasteiger partial charge in [0, 0.05) is 25.2 Å². The molecule has 158 valence electrons. The van der Waals surface area contributed by atoms with Gasteiger partial charge >= 0.3 is 0 Å². The van der Waals surface area contributed by atoms with Crippen molar-refractivity contribution in [1.29, 1.82) is 0 Å². The highest BCUT2D eigenvalue weighted by molar-refractivity contribution is 5.93. The lowest BCUT2D eigenvalue weighted by Crippen LogP contribution is -2.45. The van der Waals surface area contributed by atoms with Gasteiger partial charge in [-0.15, -0.1) is 0 Å². The Morgan fingerprint density at radius 3 is 2.23 bits per heavy atom. The molecule has 0 unspecified atom stereocenters. The molecular formula is C27H28N2O2. The molecule has 0 bridgehead atoms. The Labute approximate surface area is 184 Å². The molecule has 0 aromatic heterocycles. The Morgan fingerprint density at radius 2 is 1.52 bits per heavy atom. The SMILES string of the molecule is COc1cc2c(cc1OC)C1=C(c3ccccc3)CN(Cc3ccccc3)CN1CC2. The molecule has 0 fully saturated rings. The Hall–Kier alpha value is -3.24. The van der Waals surface area contributed by atoms with Gasteiger partial charge in [-0.1, -0.05) is 60.7 Å². The highest BCUT2D eigenvalue weighted by atomic mass is 16.5. The van der Waals surface area contributed by atoms with Crippen LogP contribution in [0, 0.1) is 0 Å². The van der Waals surface area contributed by atoms with Crippen LogP contribution in [0.1, 0.15) is 22.3 Å². The van der Waals surface area contributed by atoms with Crippen LogP contribution >= 0.6 is 0 Å². The van der Waals surface area contributed by atoms with Gasteiger partial charge in [-0.2, -0.15) is 0 Å². The number of fused-ring (bicyclic) bond motifs is 3. The van der Waals surface area contributed by atoms with Gasteiger partial charge in [-0.25, -0.2) is 0 Å². The molecule has 2 aliphatic rings. The zero-order valence-electron chi connectivity index (χ0n) is 18.2. The van der Waals surface area contributed by atoms with Crippen LogP contribution in [-0.4, -0.2) is 43.8 Å². The van der Waals surface area contributed by atoms with Crippen molar-refractivity contribution in [3.63, 3.8) is 0 Å². The van der Waals surface area contributed by atoms with E-state index in [4.69, 9.17) is 9.47 Å². The summed E-state index contributed by atoms with van der Waals surface area (Å²) in [5, 5.41) is 0. The van der Waals surface area contributed by atoms with Crippen LogP contribution in [0.2, 0.25) is 0 Å². The smallest absolute Gasteiger partial charge is 0.161 e. The second-order valence-corrected chi connectivity index (χ2v) is 8.19. The van der Waals surface area contributed by atoms with Gasteiger partial charge < -0.3 is 14.4 Å². The maximum absolute atomic E-state index is 5.65. The van der Waals surface area contributed by atoms with Crippen molar-refractivity contribution in [2.45, 2.75) is 13.0 Å². The second kappa shape index (κ2) is 8.48. The number of rotatable bonds is 5. The van der Waals surface area contributed by atoms with E-state index in [9.17, 15) is 0 Å². The quantitative estimate of drug-likeness (QED) is 0.595. The zero-order valence-corrected chi connectivity index (χ0v) is 18.2. The molecule has 31 heavy (non-hydrogen) atoms. The third-order valence-corrected chi connectivity index (χ3v) is 6.24. The zero-order chi connectivity index (χ0) is 21.2. The monoisotopic (exact) mass is 412 g/mol. The number of methoxy groups -OCH3 is 2. The van der Waals surface area contributed by atoms with E-state index in [0.717, 1.165) is 44.2 Å². The van der Waals surface area contributed by atoms with E-state index >= 15 is 0 Å². The fourth-order valence-corrected chi connectivity index (χ4v) is 4.79. The van der Waals surface area contributed by atoms with Crippen LogP contribution in [0.3, 0.4) is 0 Å². The van der Waals surface area contributed by atoms with Crippen LogP contribution < -0.4 is 9.47 Å². The summed E-state index contributed by atoms with van der Waals surface area (Å²) in [6.07, 6.45) is 1.00. The van der Waals surface area contributed by atoms with Crippen molar-refractivity contribution in [3.05, 3.63) is 95.1 Å². The van der Waals surface area contributed by atoms with Gasteiger partial charge in [-0.05, 0) is 40.8 Å². The van der Waals surface area contributed by atoms with E-state index in [1.54, 1.807) is 14.2 Å². The molecule has 0 aliphatic carbocycles. The van der Waals surface area contributed by atoms with E-state index in [0.29, 0.717) is 0 Å². The van der Waals surface area contributed by atoms with Gasteiger partial charge in [0.05, 0.1) is 26.6 Å². The standard InChI is InChI=1S/C27H28N2O2/c1-30-25-15-22-13-14-29-19-28(17-20-9-5-3-6-10-20)18-24(21-11-7-4-8-12-21)27(29)23(22)16-26(25)31-2/h3-12,15-16H,13-14,17-19H2,1-2H3. The summed E-state index contributed by atoms with van der Waals surface area (Å²) in [6, 6.07) is 25.8. The van der Waals surface area contributed by atoms with Crippen LogP contribution in [0.4, 0.5) is 0 Å². The van der Waals surface area contributed by atoms with Crippen molar-refractivity contribution in [2.24, 2.45) is 0 Å². The molecule has 5 rings (SSSR count). The molecule has 0 amide bonds. The minimum absolute atomic E-state index is 0.787. The third kappa shape index (κ3) is 3.79. The predicted molar refractivity (Wildman–Crippen MR) is 125 cm³/mol. The summed E-state index contributed by atoms with van der Waals surface area (Å²) in [5.41, 5.74) is 7.93. The first kappa shape index (κ1) is 19.7. The minimum Gasteiger partial charge on any atom is -0.493 e. The number of hydrogen-bond donors (Lipinski definition) is 0. The molecule has 4 nitrogen and oxygen atoms in total. The van der Waals surface area contributed by atoms with Crippen LogP contribution in [0.5, 0.6) is 11.5 Å². The summed E-state index contributed by atoms with van der Waals surface area (Å²) < 4.78 is 11.2. The fraction of sp³-hybridized carbons (Fsp3) is 0.259. The molecule has 3 aromatic rings. The van der Waals surface area contributed by atoms with Gasteiger partial charge in [0.1, 0.15) is 0 Å². The van der Waals surface area contributed by atoms with Gasteiger partial charge in [0.15, 0.2) is 11.5 Å². The van der Waals surface area contributed by atoms with E-state index in [1.807, 2.05) is 0 Å². The average molecular weight is 413 g/mol. The highest BCUT2D eigenvalue weighted by Gasteiger charge is 2.32. The lowest BCUT2D eigenvalue weighted by Gasteiger charge is -2.43. The highest BCUT2D eigenvalue weighted by Crippen LogP contribution is 2.42. The molecule has 3 aromatic carbocycles. The number of nitrogens with zero attached hydrogens (tertiary/aromatic N) is 2. The largest absolute Gasteiger partial charge is 0.493 e. The molecular weight excluding hydrogens is 384 g/mol. The number of ether oxygens (including phenoxy) is 2. The number of benzene rings is 3. The first-order valence-corrected chi connectivity index (χ1v) is 10.8. The summed E-state index contributed by atoms with van der Waals surface area (Å²) in [4.78, 5) is 5.07. The van der Waals surface area contributed by atoms with Crippen molar-refractivity contribution in [3.8, 4) is 11.5 Å². The molecule has 4 heteroatoms. The van der Waals surface area contributed by atoms with E-state index in [1.165, 1.54) is 33.5 Å². The molecule has 0 spiro atoms. The Morgan fingerprint density at radius 1 is 0.839 bits per heavy atom. The molecule has 2 heterocycles. The summed E-state index contributed by atoms with van der Waals surface area (Å²) in [5.74, 6) is 1.59. The van der Waals surface area contributed by atoms with Crippen LogP contribution in [-0.2, 0) is 13.0 Å². The predicted octanol–water partition coefficient (Wildman–Crippen LogP) is 4.90. The first-order chi connectivity index (χ1) is 15.3. The Kier molecular flexibility index (Phi) is 5.39. The molecule has 0 saturated heterocycles. The van der Waals surface area contributed by atoms with E-state index in [-0.39, 0.29) is 0 Å². The number of hydrogen-bond acceptors (Lipinski definition) is 4. The van der Waals surface area contributed by atoms with Crippen molar-refractivity contribution in [2.75, 3.05) is 34.0 Å². The normalized spacial score (nSPS) is 16.0. The van der Waals surface area contributed by atoms with Crippen molar-refractivity contribution in [1.82, 2.24) is 9.80 Å². The van der Waals surface area contributed by atoms with Crippen LogP contribution in [0.15, 0.2) is 72.8 Å². The Balaban J connectivity index is 1.61. The van der Waals surface area contributed by atoms with Gasteiger partial charge in [0.25, 0.3) is 0 Å². The minimum atomic E-state index is 0.787. The molecule has 0 saturated carbocycles. The lowest BCUT2D eigenvalue weighted by molar-refractivity contribution is 0.176. The van der Waals surface area contributed by atoms with Crippen molar-refractivity contribution >= 4 is 11.3 Å². The van der Waals surface area contributed by atoms with Gasteiger partial charge in [0.2, 0.25) is 0 Å². The second-order valence-electron chi connectivity index (χ2n) is 8.19. The van der Waals surface area contributed by atoms with Gasteiger partial charge in [-0.3, -0.25) is 4.90 Å². The third-order valence-electron chi connectivity index (χ3n) is 6.24. The summed E-state index contributed by atoms with van der Waals surface area (Å²) in [7, 11) is 3.41. The molecule has 0 N–H and O–H groups in total. The first-order valence-electron chi connectivity index (χ1n) is 10.8. The van der Waals surface area contributed by atoms with E-state index < -0.39 is 0 Å². The van der Waals surface area contributed by atoms with Crippen LogP contribution in [0.25, 0.3) is 11.3 Å². The topological polar surface area (TPSA) is 24.9 Å². The van der Waals surface area contributed by atoms with Crippen molar-refractivity contribution < 1.29 is 9.47 Å².